The van der Waals surface area contributed by atoms with E-state index in [0.717, 1.165) is 18.1 Å². The number of amides is 1. The number of carbonyl (C=O) groups is 1. The van der Waals surface area contributed by atoms with Crippen LogP contribution in [0.3, 0.4) is 0 Å². The van der Waals surface area contributed by atoms with Gasteiger partial charge in [0.05, 0.1) is 22.9 Å². The van der Waals surface area contributed by atoms with Crippen molar-refractivity contribution in [3.63, 3.8) is 0 Å². The lowest BCUT2D eigenvalue weighted by atomic mass is 10.0. The molecule has 7 nitrogen and oxygen atoms in total. The zero-order chi connectivity index (χ0) is 21.1. The Morgan fingerprint density at radius 2 is 1.61 bits per heavy atom. The molecule has 2 aromatic carbocycles. The third kappa shape index (κ3) is 5.56. The second kappa shape index (κ2) is 8.32. The van der Waals surface area contributed by atoms with E-state index in [2.05, 4.69) is 10.0 Å². The third-order valence-electron chi connectivity index (χ3n) is 4.30. The number of nitrogens with one attached hydrogen (secondary N) is 2. The van der Waals surface area contributed by atoms with Crippen LogP contribution in [0.5, 0.6) is 0 Å². The van der Waals surface area contributed by atoms with Crippen LogP contribution in [0.15, 0.2) is 47.4 Å². The molecule has 0 bridgehead atoms. The molecule has 2 aromatic rings. The summed E-state index contributed by atoms with van der Waals surface area (Å²) in [6.45, 7) is 3.58. The largest absolute Gasteiger partial charge is 0.345 e. The fourth-order valence-electron chi connectivity index (χ4n) is 2.80. The number of anilines is 1. The second-order valence-electron chi connectivity index (χ2n) is 6.63. The van der Waals surface area contributed by atoms with E-state index >= 15 is 0 Å². The molecular formula is C19H24N2O5S2. The summed E-state index contributed by atoms with van der Waals surface area (Å²) in [5.74, 6) is -0.339. The maximum absolute atomic E-state index is 12.8. The minimum atomic E-state index is -3.46. The SMILES string of the molecule is CC[C@H](NC(=O)c1cccc(NS(C)(=O)=O)c1C)c1ccc(S(C)(=O)=O)cc1. The molecule has 0 aliphatic carbocycles. The van der Waals surface area contributed by atoms with Crippen molar-refractivity contribution >= 4 is 31.5 Å². The summed E-state index contributed by atoms with van der Waals surface area (Å²) in [7, 11) is -6.75. The zero-order valence-corrected chi connectivity index (χ0v) is 17.8. The third-order valence-corrected chi connectivity index (χ3v) is 6.02. The van der Waals surface area contributed by atoms with Crippen molar-refractivity contribution in [1.29, 1.82) is 0 Å². The molecular weight excluding hydrogens is 400 g/mol. The van der Waals surface area contributed by atoms with Crippen molar-refractivity contribution in [2.75, 3.05) is 17.2 Å². The number of rotatable bonds is 7. The van der Waals surface area contributed by atoms with Gasteiger partial charge in [-0.05, 0) is 48.7 Å². The van der Waals surface area contributed by atoms with Gasteiger partial charge in [0.25, 0.3) is 5.91 Å². The predicted molar refractivity (Wildman–Crippen MR) is 110 cm³/mol. The van der Waals surface area contributed by atoms with E-state index in [-0.39, 0.29) is 16.8 Å². The first-order valence-electron chi connectivity index (χ1n) is 8.60. The first-order valence-corrected chi connectivity index (χ1v) is 12.4. The molecule has 9 heteroatoms. The molecule has 0 heterocycles. The molecule has 28 heavy (non-hydrogen) atoms. The topological polar surface area (TPSA) is 109 Å². The van der Waals surface area contributed by atoms with Gasteiger partial charge in [-0.2, -0.15) is 0 Å². The Kier molecular flexibility index (Phi) is 6.51. The minimum Gasteiger partial charge on any atom is -0.345 e. The molecule has 0 unspecified atom stereocenters. The van der Waals surface area contributed by atoms with Crippen LogP contribution in [0.2, 0.25) is 0 Å². The summed E-state index contributed by atoms with van der Waals surface area (Å²) in [6, 6.07) is 10.9. The highest BCUT2D eigenvalue weighted by molar-refractivity contribution is 7.92. The maximum Gasteiger partial charge on any atom is 0.252 e. The molecule has 0 aliphatic rings. The highest BCUT2D eigenvalue weighted by atomic mass is 32.2. The van der Waals surface area contributed by atoms with E-state index in [9.17, 15) is 21.6 Å². The molecule has 152 valence electrons. The summed E-state index contributed by atoms with van der Waals surface area (Å²) in [5.41, 5.74) is 2.01. The lowest BCUT2D eigenvalue weighted by Crippen LogP contribution is -2.29. The summed E-state index contributed by atoms with van der Waals surface area (Å²) < 4.78 is 48.6. The Bertz CT molecular complexity index is 1080. The lowest BCUT2D eigenvalue weighted by Gasteiger charge is -2.19. The van der Waals surface area contributed by atoms with Crippen molar-refractivity contribution in [2.45, 2.75) is 31.2 Å². The number of hydrogen-bond donors (Lipinski definition) is 2. The molecule has 1 atom stereocenters. The Labute approximate surface area is 166 Å². The Morgan fingerprint density at radius 3 is 2.11 bits per heavy atom. The highest BCUT2D eigenvalue weighted by Gasteiger charge is 2.18. The number of hydrogen-bond acceptors (Lipinski definition) is 5. The lowest BCUT2D eigenvalue weighted by molar-refractivity contribution is 0.0935. The summed E-state index contributed by atoms with van der Waals surface area (Å²) >= 11 is 0. The van der Waals surface area contributed by atoms with Gasteiger partial charge < -0.3 is 5.32 Å². The number of sulfonamides is 1. The average molecular weight is 425 g/mol. The molecule has 0 fully saturated rings. The van der Waals surface area contributed by atoms with Gasteiger partial charge in [-0.3, -0.25) is 9.52 Å². The first kappa shape index (κ1) is 21.9. The quantitative estimate of drug-likeness (QED) is 0.710. The Morgan fingerprint density at radius 1 is 1.00 bits per heavy atom. The van der Waals surface area contributed by atoms with E-state index in [1.54, 1.807) is 37.3 Å². The zero-order valence-electron chi connectivity index (χ0n) is 16.2. The predicted octanol–water partition coefficient (Wildman–Crippen LogP) is 2.65. The molecule has 2 N–H and O–H groups in total. The Hall–Kier alpha value is -2.39. The van der Waals surface area contributed by atoms with Gasteiger partial charge in [-0.1, -0.05) is 25.1 Å². The van der Waals surface area contributed by atoms with Crippen LogP contribution < -0.4 is 10.0 Å². The molecule has 0 radical (unpaired) electrons. The van der Waals surface area contributed by atoms with Crippen LogP contribution in [-0.2, 0) is 19.9 Å². The van der Waals surface area contributed by atoms with Crippen molar-refractivity contribution in [2.24, 2.45) is 0 Å². The first-order chi connectivity index (χ1) is 12.9. The average Bonchev–Trinajstić information content (AvgIpc) is 2.59. The van der Waals surface area contributed by atoms with Gasteiger partial charge in [0.15, 0.2) is 9.84 Å². The van der Waals surface area contributed by atoms with E-state index in [0.29, 0.717) is 23.2 Å². The fraction of sp³-hybridized carbons (Fsp3) is 0.316. The smallest absolute Gasteiger partial charge is 0.252 e. The normalized spacial score (nSPS) is 13.0. The van der Waals surface area contributed by atoms with Crippen molar-refractivity contribution < 1.29 is 21.6 Å². The number of carbonyl (C=O) groups excluding carboxylic acids is 1. The monoisotopic (exact) mass is 424 g/mol. The summed E-state index contributed by atoms with van der Waals surface area (Å²) in [6.07, 6.45) is 2.79. The van der Waals surface area contributed by atoms with Crippen LogP contribution in [0.1, 0.15) is 40.9 Å². The fourth-order valence-corrected chi connectivity index (χ4v) is 4.05. The number of sulfone groups is 1. The van der Waals surface area contributed by atoms with E-state index in [4.69, 9.17) is 0 Å². The van der Waals surface area contributed by atoms with Gasteiger partial charge >= 0.3 is 0 Å². The van der Waals surface area contributed by atoms with Crippen LogP contribution >= 0.6 is 0 Å². The summed E-state index contributed by atoms with van der Waals surface area (Å²) in [5, 5.41) is 2.92. The molecule has 0 saturated carbocycles. The van der Waals surface area contributed by atoms with Gasteiger partial charge in [-0.25, -0.2) is 16.8 Å². The molecule has 0 spiro atoms. The van der Waals surface area contributed by atoms with Crippen LogP contribution in [-0.4, -0.2) is 35.3 Å². The van der Waals surface area contributed by atoms with Gasteiger partial charge in [-0.15, -0.1) is 0 Å². The maximum atomic E-state index is 12.8. The molecule has 0 saturated heterocycles. The molecule has 1 amide bonds. The van der Waals surface area contributed by atoms with Crippen molar-refractivity contribution in [1.82, 2.24) is 5.32 Å². The number of benzene rings is 2. The molecule has 0 aliphatic heterocycles. The van der Waals surface area contributed by atoms with Crippen LogP contribution in [0, 0.1) is 6.92 Å². The molecule has 2 rings (SSSR count). The van der Waals surface area contributed by atoms with Crippen LogP contribution in [0.4, 0.5) is 5.69 Å². The van der Waals surface area contributed by atoms with Gasteiger partial charge in [0, 0.05) is 11.8 Å². The van der Waals surface area contributed by atoms with Crippen LogP contribution in [0.25, 0.3) is 0 Å². The van der Waals surface area contributed by atoms with E-state index in [1.165, 1.54) is 12.1 Å². The van der Waals surface area contributed by atoms with Crippen molar-refractivity contribution in [3.05, 3.63) is 59.2 Å². The van der Waals surface area contributed by atoms with E-state index in [1.807, 2.05) is 6.92 Å². The van der Waals surface area contributed by atoms with Crippen molar-refractivity contribution in [3.8, 4) is 0 Å². The summed E-state index contributed by atoms with van der Waals surface area (Å²) in [4.78, 5) is 13.0. The van der Waals surface area contributed by atoms with Gasteiger partial charge in [0.2, 0.25) is 10.0 Å². The van der Waals surface area contributed by atoms with Gasteiger partial charge in [0.1, 0.15) is 0 Å². The Balaban J connectivity index is 2.26. The molecule has 0 aromatic heterocycles. The highest BCUT2D eigenvalue weighted by Crippen LogP contribution is 2.23. The van der Waals surface area contributed by atoms with E-state index < -0.39 is 19.9 Å². The second-order valence-corrected chi connectivity index (χ2v) is 10.4. The minimum absolute atomic E-state index is 0.216. The standard InChI is InChI=1S/C19H24N2O5S2/c1-5-17(14-9-11-15(12-10-14)27(3,23)24)20-19(22)16-7-6-8-18(13(16)2)21-28(4,25)26/h6-12,17,21H,5H2,1-4H3,(H,20,22)/t17-/m0/s1.